The average Bonchev–Trinajstić information content (AvgIpc) is 2.29. The second-order valence-electron chi connectivity index (χ2n) is 3.64. The van der Waals surface area contributed by atoms with Crippen molar-refractivity contribution < 1.29 is 19.1 Å². The monoisotopic (exact) mass is 270 g/mol. The Morgan fingerprint density at radius 3 is 2.78 bits per heavy atom. The lowest BCUT2D eigenvalue weighted by atomic mass is 10.2. The van der Waals surface area contributed by atoms with Crippen LogP contribution in [-0.2, 0) is 25.7 Å². The maximum Gasteiger partial charge on any atom is 0.313 e. The molecule has 5 heteroatoms. The molecular formula is C13H15ClO4. The normalized spacial score (nSPS) is 10.1. The van der Waals surface area contributed by atoms with Crippen LogP contribution < -0.4 is 0 Å². The number of benzene rings is 1. The van der Waals surface area contributed by atoms with Crippen LogP contribution >= 0.6 is 11.6 Å². The molecule has 0 N–H and O–H groups in total. The minimum Gasteiger partial charge on any atom is -0.466 e. The summed E-state index contributed by atoms with van der Waals surface area (Å²) in [5.41, 5.74) is 0.881. The molecule has 0 bridgehead atoms. The van der Waals surface area contributed by atoms with E-state index in [1.165, 1.54) is 0 Å². The molecule has 0 radical (unpaired) electrons. The SMILES string of the molecule is CCOC(=O)CC(=O)COCc1cccc(Cl)c1. The van der Waals surface area contributed by atoms with E-state index in [0.29, 0.717) is 5.02 Å². The molecule has 1 rings (SSSR count). The molecule has 1 aromatic rings. The molecular weight excluding hydrogens is 256 g/mol. The summed E-state index contributed by atoms with van der Waals surface area (Å²) in [6.45, 7) is 2.15. The van der Waals surface area contributed by atoms with E-state index < -0.39 is 5.97 Å². The summed E-state index contributed by atoms with van der Waals surface area (Å²) in [4.78, 5) is 22.3. The second-order valence-corrected chi connectivity index (χ2v) is 4.08. The van der Waals surface area contributed by atoms with Crippen LogP contribution in [0.4, 0.5) is 0 Å². The van der Waals surface area contributed by atoms with E-state index in [0.717, 1.165) is 5.56 Å². The molecule has 1 aromatic carbocycles. The molecule has 4 nitrogen and oxygen atoms in total. The quantitative estimate of drug-likeness (QED) is 0.564. The predicted molar refractivity (Wildman–Crippen MR) is 67.4 cm³/mol. The Hall–Kier alpha value is -1.39. The van der Waals surface area contributed by atoms with Crippen molar-refractivity contribution >= 4 is 23.4 Å². The third-order valence-corrected chi connectivity index (χ3v) is 2.30. The first-order valence-corrected chi connectivity index (χ1v) is 5.99. The first-order valence-electron chi connectivity index (χ1n) is 5.61. The van der Waals surface area contributed by atoms with Crippen LogP contribution in [0.1, 0.15) is 18.9 Å². The summed E-state index contributed by atoms with van der Waals surface area (Å²) in [7, 11) is 0. The molecule has 0 amide bonds. The van der Waals surface area contributed by atoms with Gasteiger partial charge in [0.2, 0.25) is 0 Å². The number of ketones is 1. The van der Waals surface area contributed by atoms with Crippen molar-refractivity contribution in [1.82, 2.24) is 0 Å². The van der Waals surface area contributed by atoms with Crippen LogP contribution in [-0.4, -0.2) is 25.0 Å². The van der Waals surface area contributed by atoms with Gasteiger partial charge in [-0.2, -0.15) is 0 Å². The molecule has 0 spiro atoms. The molecule has 0 unspecified atom stereocenters. The van der Waals surface area contributed by atoms with Gasteiger partial charge in [-0.3, -0.25) is 9.59 Å². The fourth-order valence-corrected chi connectivity index (χ4v) is 1.55. The summed E-state index contributed by atoms with van der Waals surface area (Å²) < 4.78 is 9.86. The van der Waals surface area contributed by atoms with Crippen molar-refractivity contribution in [3.8, 4) is 0 Å². The Bertz CT molecular complexity index is 417. The molecule has 0 heterocycles. The highest BCUT2D eigenvalue weighted by Crippen LogP contribution is 2.11. The van der Waals surface area contributed by atoms with Crippen molar-refractivity contribution in [2.75, 3.05) is 13.2 Å². The van der Waals surface area contributed by atoms with Crippen LogP contribution in [0.25, 0.3) is 0 Å². The summed E-state index contributed by atoms with van der Waals surface area (Å²) in [5, 5.41) is 0.619. The zero-order chi connectivity index (χ0) is 13.4. The van der Waals surface area contributed by atoms with E-state index in [2.05, 4.69) is 4.74 Å². The third-order valence-electron chi connectivity index (χ3n) is 2.07. The second kappa shape index (κ2) is 7.84. The standard InChI is InChI=1S/C13H15ClO4/c1-2-18-13(16)7-12(15)9-17-8-10-4-3-5-11(14)6-10/h3-6H,2,7-9H2,1H3. The number of hydrogen-bond donors (Lipinski definition) is 0. The maximum atomic E-state index is 11.3. The first kappa shape index (κ1) is 14.7. The number of esters is 1. The summed E-state index contributed by atoms with van der Waals surface area (Å²) in [5.74, 6) is -0.815. The summed E-state index contributed by atoms with van der Waals surface area (Å²) in [6.07, 6.45) is -0.247. The molecule has 0 fully saturated rings. The van der Waals surface area contributed by atoms with Gasteiger partial charge >= 0.3 is 5.97 Å². The summed E-state index contributed by atoms with van der Waals surface area (Å²) in [6, 6.07) is 7.18. The Kier molecular flexibility index (Phi) is 6.39. The van der Waals surface area contributed by atoms with Gasteiger partial charge in [0.15, 0.2) is 5.78 Å². The van der Waals surface area contributed by atoms with Crippen molar-refractivity contribution in [3.63, 3.8) is 0 Å². The Morgan fingerprint density at radius 1 is 1.33 bits per heavy atom. The van der Waals surface area contributed by atoms with Crippen LogP contribution in [0.3, 0.4) is 0 Å². The molecule has 0 atom stereocenters. The van der Waals surface area contributed by atoms with Crippen LogP contribution in [0.15, 0.2) is 24.3 Å². The topological polar surface area (TPSA) is 52.6 Å². The number of ether oxygens (including phenoxy) is 2. The fraction of sp³-hybridized carbons (Fsp3) is 0.385. The number of halogens is 1. The summed E-state index contributed by atoms with van der Waals surface area (Å²) >= 11 is 5.81. The van der Waals surface area contributed by atoms with Gasteiger partial charge in [0.05, 0.1) is 13.2 Å². The van der Waals surface area contributed by atoms with Gasteiger partial charge in [-0.05, 0) is 24.6 Å². The van der Waals surface area contributed by atoms with Gasteiger partial charge in [0.25, 0.3) is 0 Å². The van der Waals surface area contributed by atoms with E-state index in [-0.39, 0.29) is 32.0 Å². The molecule has 0 saturated heterocycles. The fourth-order valence-electron chi connectivity index (χ4n) is 1.33. The lowest BCUT2D eigenvalue weighted by molar-refractivity contribution is -0.146. The molecule has 98 valence electrons. The first-order chi connectivity index (χ1) is 8.61. The maximum absolute atomic E-state index is 11.3. The molecule has 0 aliphatic rings. The van der Waals surface area contributed by atoms with Crippen molar-refractivity contribution in [1.29, 1.82) is 0 Å². The van der Waals surface area contributed by atoms with Gasteiger partial charge < -0.3 is 9.47 Å². The van der Waals surface area contributed by atoms with Crippen LogP contribution in [0.2, 0.25) is 5.02 Å². The van der Waals surface area contributed by atoms with Crippen molar-refractivity contribution in [3.05, 3.63) is 34.9 Å². The smallest absolute Gasteiger partial charge is 0.313 e. The highest BCUT2D eigenvalue weighted by atomic mass is 35.5. The van der Waals surface area contributed by atoms with Gasteiger partial charge in [-0.25, -0.2) is 0 Å². The zero-order valence-electron chi connectivity index (χ0n) is 10.1. The number of carbonyl (C=O) groups excluding carboxylic acids is 2. The van der Waals surface area contributed by atoms with E-state index in [1.54, 1.807) is 19.1 Å². The molecule has 0 saturated carbocycles. The number of hydrogen-bond acceptors (Lipinski definition) is 4. The Labute approximate surface area is 111 Å². The van der Waals surface area contributed by atoms with E-state index in [9.17, 15) is 9.59 Å². The molecule has 0 aliphatic carbocycles. The Balaban J connectivity index is 2.25. The van der Waals surface area contributed by atoms with Crippen molar-refractivity contribution in [2.24, 2.45) is 0 Å². The lowest BCUT2D eigenvalue weighted by Gasteiger charge is -2.04. The molecule has 0 aromatic heterocycles. The zero-order valence-corrected chi connectivity index (χ0v) is 10.9. The van der Waals surface area contributed by atoms with Gasteiger partial charge in [-0.1, -0.05) is 23.7 Å². The number of Topliss-reactive ketones (excluding diaryl/α,β-unsaturated/α-hetero) is 1. The Morgan fingerprint density at radius 2 is 2.11 bits per heavy atom. The molecule has 0 aliphatic heterocycles. The van der Waals surface area contributed by atoms with E-state index in [1.807, 2.05) is 12.1 Å². The van der Waals surface area contributed by atoms with Crippen molar-refractivity contribution in [2.45, 2.75) is 20.0 Å². The highest BCUT2D eigenvalue weighted by Gasteiger charge is 2.10. The number of rotatable bonds is 7. The van der Waals surface area contributed by atoms with Gasteiger partial charge in [0, 0.05) is 5.02 Å². The lowest BCUT2D eigenvalue weighted by Crippen LogP contribution is -2.15. The predicted octanol–water partition coefficient (Wildman–Crippen LogP) is 2.38. The average molecular weight is 271 g/mol. The third kappa shape index (κ3) is 5.80. The number of carbonyl (C=O) groups is 2. The minimum absolute atomic E-state index is 0.106. The highest BCUT2D eigenvalue weighted by molar-refractivity contribution is 6.30. The van der Waals surface area contributed by atoms with Gasteiger partial charge in [0.1, 0.15) is 13.0 Å². The van der Waals surface area contributed by atoms with E-state index >= 15 is 0 Å². The van der Waals surface area contributed by atoms with Gasteiger partial charge in [-0.15, -0.1) is 0 Å². The minimum atomic E-state index is -0.520. The van der Waals surface area contributed by atoms with E-state index in [4.69, 9.17) is 16.3 Å². The largest absolute Gasteiger partial charge is 0.466 e. The van der Waals surface area contributed by atoms with Crippen LogP contribution in [0.5, 0.6) is 0 Å². The van der Waals surface area contributed by atoms with Crippen LogP contribution in [0, 0.1) is 0 Å². The molecule has 18 heavy (non-hydrogen) atoms.